The van der Waals surface area contributed by atoms with E-state index in [1.807, 2.05) is 20.0 Å². The van der Waals surface area contributed by atoms with Crippen molar-refractivity contribution in [1.82, 2.24) is 15.2 Å². The van der Waals surface area contributed by atoms with E-state index in [0.29, 0.717) is 17.9 Å². The van der Waals surface area contributed by atoms with Gasteiger partial charge < -0.3 is 5.32 Å². The minimum Gasteiger partial charge on any atom is -0.361 e. The normalized spacial score (nSPS) is 10.4. The van der Waals surface area contributed by atoms with Gasteiger partial charge in [0.05, 0.1) is 12.2 Å². The molecule has 0 aliphatic heterocycles. The van der Waals surface area contributed by atoms with Gasteiger partial charge in [-0.25, -0.2) is 4.98 Å². The van der Waals surface area contributed by atoms with Crippen molar-refractivity contribution < 1.29 is 0 Å². The lowest BCUT2D eigenvalue weighted by molar-refractivity contribution is 0.868. The lowest BCUT2D eigenvalue weighted by atomic mass is 10.0. The number of rotatable bonds is 6. The standard InChI is InChI=1S/C15H19N5S/c1-4-10-8-17-14(21-10)9-18-15-12(7-16)11(5-2)13(6-3)19-20-15/h8H,4-6,9H2,1-3H3,(H,18,20). The molecule has 0 saturated carbocycles. The van der Waals surface area contributed by atoms with Gasteiger partial charge in [-0.3, -0.25) is 0 Å². The zero-order valence-electron chi connectivity index (χ0n) is 12.6. The number of nitrogens with zero attached hydrogens (tertiary/aromatic N) is 4. The van der Waals surface area contributed by atoms with Gasteiger partial charge in [0.15, 0.2) is 5.82 Å². The number of aromatic nitrogens is 3. The van der Waals surface area contributed by atoms with Crippen LogP contribution in [0.15, 0.2) is 6.20 Å². The van der Waals surface area contributed by atoms with Crippen LogP contribution in [0.5, 0.6) is 0 Å². The fraction of sp³-hybridized carbons (Fsp3) is 0.467. The van der Waals surface area contributed by atoms with Crippen molar-refractivity contribution >= 4 is 17.2 Å². The van der Waals surface area contributed by atoms with E-state index < -0.39 is 0 Å². The van der Waals surface area contributed by atoms with Crippen molar-refractivity contribution in [3.63, 3.8) is 0 Å². The van der Waals surface area contributed by atoms with E-state index in [1.165, 1.54) is 4.88 Å². The molecular formula is C15H19N5S. The SMILES string of the molecule is CCc1cnc(CNc2nnc(CC)c(CC)c2C#N)s1. The molecule has 0 spiro atoms. The van der Waals surface area contributed by atoms with Crippen molar-refractivity contribution in [3.05, 3.63) is 32.9 Å². The van der Waals surface area contributed by atoms with Gasteiger partial charge in [-0.05, 0) is 24.8 Å². The van der Waals surface area contributed by atoms with Crippen LogP contribution in [0.4, 0.5) is 5.82 Å². The van der Waals surface area contributed by atoms with Crippen LogP contribution in [0.25, 0.3) is 0 Å². The Morgan fingerprint density at radius 3 is 2.57 bits per heavy atom. The summed E-state index contributed by atoms with van der Waals surface area (Å²) in [5, 5.41) is 22.0. The monoisotopic (exact) mass is 301 g/mol. The molecule has 1 N–H and O–H groups in total. The molecule has 0 atom stereocenters. The molecule has 2 rings (SSSR count). The van der Waals surface area contributed by atoms with Crippen molar-refractivity contribution in [2.24, 2.45) is 0 Å². The summed E-state index contributed by atoms with van der Waals surface area (Å²) < 4.78 is 0. The topological polar surface area (TPSA) is 74.5 Å². The van der Waals surface area contributed by atoms with E-state index in [4.69, 9.17) is 0 Å². The Morgan fingerprint density at radius 2 is 2.00 bits per heavy atom. The summed E-state index contributed by atoms with van der Waals surface area (Å²) in [7, 11) is 0. The first-order valence-electron chi connectivity index (χ1n) is 7.19. The predicted molar refractivity (Wildman–Crippen MR) is 84.3 cm³/mol. The maximum absolute atomic E-state index is 9.42. The van der Waals surface area contributed by atoms with Crippen molar-refractivity contribution in [3.8, 4) is 6.07 Å². The summed E-state index contributed by atoms with van der Waals surface area (Å²) in [4.78, 5) is 5.62. The summed E-state index contributed by atoms with van der Waals surface area (Å²) in [6, 6.07) is 2.26. The fourth-order valence-electron chi connectivity index (χ4n) is 2.17. The highest BCUT2D eigenvalue weighted by Crippen LogP contribution is 2.21. The molecule has 110 valence electrons. The smallest absolute Gasteiger partial charge is 0.167 e. The predicted octanol–water partition coefficient (Wildman–Crippen LogP) is 3.10. The number of thiazole rings is 1. The molecular weight excluding hydrogens is 282 g/mol. The van der Waals surface area contributed by atoms with E-state index in [-0.39, 0.29) is 0 Å². The summed E-state index contributed by atoms with van der Waals surface area (Å²) >= 11 is 1.68. The Kier molecular flexibility index (Phi) is 5.23. The number of hydrogen-bond donors (Lipinski definition) is 1. The third-order valence-corrected chi connectivity index (χ3v) is 4.46. The highest BCUT2D eigenvalue weighted by atomic mass is 32.1. The van der Waals surface area contributed by atoms with Crippen molar-refractivity contribution in [2.45, 2.75) is 46.6 Å². The van der Waals surface area contributed by atoms with E-state index >= 15 is 0 Å². The van der Waals surface area contributed by atoms with Crippen LogP contribution in [0.3, 0.4) is 0 Å². The molecule has 21 heavy (non-hydrogen) atoms. The van der Waals surface area contributed by atoms with Gasteiger partial charge in [-0.1, -0.05) is 20.8 Å². The molecule has 2 heterocycles. The Labute approximate surface area is 129 Å². The number of aryl methyl sites for hydroxylation is 2. The molecule has 6 heteroatoms. The van der Waals surface area contributed by atoms with Gasteiger partial charge in [-0.2, -0.15) is 10.4 Å². The lowest BCUT2D eigenvalue weighted by Crippen LogP contribution is -2.09. The Morgan fingerprint density at radius 1 is 1.19 bits per heavy atom. The molecule has 0 aromatic carbocycles. The van der Waals surface area contributed by atoms with E-state index in [0.717, 1.165) is 35.5 Å². The largest absolute Gasteiger partial charge is 0.361 e. The lowest BCUT2D eigenvalue weighted by Gasteiger charge is -2.11. The van der Waals surface area contributed by atoms with Crippen LogP contribution in [0.1, 0.15) is 47.5 Å². The number of anilines is 1. The average molecular weight is 301 g/mol. The Balaban J connectivity index is 2.22. The van der Waals surface area contributed by atoms with Gasteiger partial charge in [0.1, 0.15) is 16.6 Å². The van der Waals surface area contributed by atoms with Gasteiger partial charge in [0.25, 0.3) is 0 Å². The second kappa shape index (κ2) is 7.14. The van der Waals surface area contributed by atoms with Gasteiger partial charge in [0.2, 0.25) is 0 Å². The molecule has 5 nitrogen and oxygen atoms in total. The second-order valence-electron chi connectivity index (χ2n) is 4.60. The molecule has 0 saturated heterocycles. The van der Waals surface area contributed by atoms with Gasteiger partial charge in [-0.15, -0.1) is 16.4 Å². The first-order valence-corrected chi connectivity index (χ1v) is 8.01. The van der Waals surface area contributed by atoms with Crippen molar-refractivity contribution in [1.29, 1.82) is 5.26 Å². The van der Waals surface area contributed by atoms with Crippen LogP contribution in [0, 0.1) is 11.3 Å². The third-order valence-electron chi connectivity index (χ3n) is 3.31. The first kappa shape index (κ1) is 15.4. The molecule has 0 aliphatic rings. The van der Waals surface area contributed by atoms with E-state index in [2.05, 4.69) is 33.5 Å². The minimum atomic E-state index is 0.555. The van der Waals surface area contributed by atoms with E-state index in [9.17, 15) is 5.26 Å². The quantitative estimate of drug-likeness (QED) is 0.887. The van der Waals surface area contributed by atoms with Crippen LogP contribution in [-0.4, -0.2) is 15.2 Å². The van der Waals surface area contributed by atoms with Crippen LogP contribution in [0.2, 0.25) is 0 Å². The van der Waals surface area contributed by atoms with Crippen LogP contribution < -0.4 is 5.32 Å². The number of nitriles is 1. The molecule has 0 bridgehead atoms. The Bertz CT molecular complexity index is 657. The molecule has 2 aromatic rings. The fourth-order valence-corrected chi connectivity index (χ4v) is 2.97. The maximum atomic E-state index is 9.42. The molecule has 0 fully saturated rings. The zero-order valence-corrected chi connectivity index (χ0v) is 13.4. The number of hydrogen-bond acceptors (Lipinski definition) is 6. The molecule has 0 radical (unpaired) electrons. The third kappa shape index (κ3) is 3.37. The van der Waals surface area contributed by atoms with Gasteiger partial charge >= 0.3 is 0 Å². The minimum absolute atomic E-state index is 0.555. The number of nitrogens with one attached hydrogen (secondary N) is 1. The second-order valence-corrected chi connectivity index (χ2v) is 5.79. The molecule has 2 aromatic heterocycles. The molecule has 0 aliphatic carbocycles. The summed E-state index contributed by atoms with van der Waals surface area (Å²) in [5.74, 6) is 0.555. The Hall–Kier alpha value is -2.00. The van der Waals surface area contributed by atoms with Crippen LogP contribution in [-0.2, 0) is 25.8 Å². The van der Waals surface area contributed by atoms with Crippen LogP contribution >= 0.6 is 11.3 Å². The highest BCUT2D eigenvalue weighted by Gasteiger charge is 2.14. The average Bonchev–Trinajstić information content (AvgIpc) is 2.99. The van der Waals surface area contributed by atoms with Crippen molar-refractivity contribution in [2.75, 3.05) is 5.32 Å². The van der Waals surface area contributed by atoms with Gasteiger partial charge in [0, 0.05) is 11.1 Å². The van der Waals surface area contributed by atoms with E-state index in [1.54, 1.807) is 11.3 Å². The summed E-state index contributed by atoms with van der Waals surface area (Å²) in [5.41, 5.74) is 2.50. The first-order chi connectivity index (χ1) is 10.2. The molecule has 0 unspecified atom stereocenters. The summed E-state index contributed by atoms with van der Waals surface area (Å²) in [6.45, 7) is 6.75. The maximum Gasteiger partial charge on any atom is 0.167 e. The highest BCUT2D eigenvalue weighted by molar-refractivity contribution is 7.11. The zero-order chi connectivity index (χ0) is 15.2. The summed E-state index contributed by atoms with van der Waals surface area (Å²) in [6.07, 6.45) is 4.47. The molecule has 0 amide bonds.